The van der Waals surface area contributed by atoms with Crippen LogP contribution in [0.1, 0.15) is 26.2 Å². The number of hydrogen-bond acceptors (Lipinski definition) is 2. The first-order valence-corrected chi connectivity index (χ1v) is 5.33. The Bertz CT molecular complexity index is 234. The van der Waals surface area contributed by atoms with E-state index in [1.165, 1.54) is 11.3 Å². The fraction of sp³-hybridized carbons (Fsp3) is 0.900. The molecule has 2 N–H and O–H groups in total. The van der Waals surface area contributed by atoms with E-state index in [-0.39, 0.29) is 0 Å². The summed E-state index contributed by atoms with van der Waals surface area (Å²) in [4.78, 5) is 12.3. The van der Waals surface area contributed by atoms with Gasteiger partial charge in [0, 0.05) is 25.7 Å². The molecular weight excluding hydrogens is 180 g/mol. The largest absolute Gasteiger partial charge is 0.465 e. The van der Waals surface area contributed by atoms with Crippen molar-refractivity contribution in [3.8, 4) is 0 Å². The molecule has 2 aliphatic rings. The zero-order valence-corrected chi connectivity index (χ0v) is 8.62. The second-order valence-corrected chi connectivity index (χ2v) is 4.76. The topological polar surface area (TPSA) is 52.6 Å². The second-order valence-electron chi connectivity index (χ2n) is 4.76. The third kappa shape index (κ3) is 1.71. The lowest BCUT2D eigenvalue weighted by molar-refractivity contribution is 0.0970. The maximum absolute atomic E-state index is 10.7. The highest BCUT2D eigenvalue weighted by atomic mass is 16.4. The van der Waals surface area contributed by atoms with Crippen molar-refractivity contribution in [1.29, 1.82) is 0 Å². The Morgan fingerprint density at radius 3 is 2.57 bits per heavy atom. The van der Waals surface area contributed by atoms with Crippen LogP contribution in [0.2, 0.25) is 0 Å². The number of carboxylic acid groups (broad SMARTS) is 1. The number of rotatable bonds is 0. The molecule has 80 valence electrons. The fourth-order valence-electron chi connectivity index (χ4n) is 2.74. The number of likely N-dealkylation sites (tertiary alicyclic amines) is 1. The minimum absolute atomic E-state index is 0.394. The Morgan fingerprint density at radius 2 is 2.14 bits per heavy atom. The summed E-state index contributed by atoms with van der Waals surface area (Å²) in [6.45, 7) is 4.70. The smallest absolute Gasteiger partial charge is 0.407 e. The normalized spacial score (nSPS) is 30.9. The van der Waals surface area contributed by atoms with Crippen molar-refractivity contribution < 1.29 is 9.90 Å². The number of nitrogens with zero attached hydrogens (tertiary/aromatic N) is 1. The number of amides is 1. The van der Waals surface area contributed by atoms with Crippen LogP contribution < -0.4 is 5.32 Å². The van der Waals surface area contributed by atoms with Crippen LogP contribution >= 0.6 is 0 Å². The quantitative estimate of drug-likeness (QED) is 0.613. The van der Waals surface area contributed by atoms with Crippen LogP contribution in [0.3, 0.4) is 0 Å². The van der Waals surface area contributed by atoms with Gasteiger partial charge in [0.05, 0.1) is 0 Å². The average Bonchev–Trinajstić information content (AvgIpc) is 2.48. The van der Waals surface area contributed by atoms with Gasteiger partial charge in [0.25, 0.3) is 0 Å². The lowest BCUT2D eigenvalue weighted by atomic mass is 9.77. The predicted molar refractivity (Wildman–Crippen MR) is 53.3 cm³/mol. The highest BCUT2D eigenvalue weighted by Crippen LogP contribution is 2.38. The highest BCUT2D eigenvalue weighted by Gasteiger charge is 2.40. The van der Waals surface area contributed by atoms with Gasteiger partial charge in [-0.1, -0.05) is 0 Å². The summed E-state index contributed by atoms with van der Waals surface area (Å²) in [7, 11) is 0. The maximum atomic E-state index is 10.7. The van der Waals surface area contributed by atoms with Crippen LogP contribution in [0.25, 0.3) is 0 Å². The van der Waals surface area contributed by atoms with E-state index >= 15 is 0 Å². The van der Waals surface area contributed by atoms with Crippen LogP contribution in [0.5, 0.6) is 0 Å². The molecule has 0 unspecified atom stereocenters. The van der Waals surface area contributed by atoms with Crippen molar-refractivity contribution in [1.82, 2.24) is 10.2 Å². The van der Waals surface area contributed by atoms with Gasteiger partial charge in [-0.25, -0.2) is 4.79 Å². The molecule has 2 fully saturated rings. The molecule has 2 rings (SSSR count). The average molecular weight is 198 g/mol. The first kappa shape index (κ1) is 9.77. The third-order valence-electron chi connectivity index (χ3n) is 3.66. The predicted octanol–water partition coefficient (Wildman–Crippen LogP) is 1.13. The number of nitrogens with one attached hydrogen (secondary N) is 1. The first-order valence-electron chi connectivity index (χ1n) is 5.33. The summed E-state index contributed by atoms with van der Waals surface area (Å²) in [5.74, 6) is 0. The van der Waals surface area contributed by atoms with Crippen molar-refractivity contribution in [3.05, 3.63) is 0 Å². The van der Waals surface area contributed by atoms with E-state index in [1.54, 1.807) is 0 Å². The van der Waals surface area contributed by atoms with Crippen LogP contribution in [-0.2, 0) is 0 Å². The molecule has 0 saturated carbocycles. The Labute approximate surface area is 84.3 Å². The Balaban J connectivity index is 1.92. The molecule has 0 radical (unpaired) electrons. The molecule has 2 aliphatic heterocycles. The van der Waals surface area contributed by atoms with Gasteiger partial charge >= 0.3 is 6.09 Å². The van der Waals surface area contributed by atoms with Gasteiger partial charge in [-0.05, 0) is 31.6 Å². The molecule has 0 aliphatic carbocycles. The maximum Gasteiger partial charge on any atom is 0.407 e. The molecule has 0 bridgehead atoms. The SMILES string of the molecule is C[C@@H]1CC2(CCN(C(=O)O)CC2)CN1. The van der Waals surface area contributed by atoms with E-state index < -0.39 is 6.09 Å². The lowest BCUT2D eigenvalue weighted by Crippen LogP contribution is -2.43. The molecule has 0 aromatic rings. The molecule has 1 amide bonds. The summed E-state index contributed by atoms with van der Waals surface area (Å²) < 4.78 is 0. The van der Waals surface area contributed by atoms with Gasteiger partial charge in [0.1, 0.15) is 0 Å². The van der Waals surface area contributed by atoms with Gasteiger partial charge in [-0.3, -0.25) is 0 Å². The number of carbonyl (C=O) groups is 1. The van der Waals surface area contributed by atoms with Gasteiger partial charge in [-0.15, -0.1) is 0 Å². The summed E-state index contributed by atoms with van der Waals surface area (Å²) in [5.41, 5.74) is 0.394. The standard InChI is InChI=1S/C10H18N2O2/c1-8-6-10(7-11-8)2-4-12(5-3-10)9(13)14/h8,11H,2-7H2,1H3,(H,13,14)/t8-/m1/s1. The van der Waals surface area contributed by atoms with Crippen molar-refractivity contribution in [2.75, 3.05) is 19.6 Å². The second kappa shape index (κ2) is 3.42. The lowest BCUT2D eigenvalue weighted by Gasteiger charge is -2.37. The molecule has 1 atom stereocenters. The first-order chi connectivity index (χ1) is 6.61. The molecule has 0 aromatic carbocycles. The van der Waals surface area contributed by atoms with Gasteiger partial charge in [0.2, 0.25) is 0 Å². The minimum Gasteiger partial charge on any atom is -0.465 e. The molecule has 4 nitrogen and oxygen atoms in total. The van der Waals surface area contributed by atoms with Crippen LogP contribution in [0.15, 0.2) is 0 Å². The number of piperidine rings is 1. The Morgan fingerprint density at radius 1 is 1.50 bits per heavy atom. The van der Waals surface area contributed by atoms with Crippen molar-refractivity contribution in [2.45, 2.75) is 32.2 Å². The summed E-state index contributed by atoms with van der Waals surface area (Å²) in [5, 5.41) is 12.3. The van der Waals surface area contributed by atoms with E-state index in [1.807, 2.05) is 0 Å². The van der Waals surface area contributed by atoms with Gasteiger partial charge in [-0.2, -0.15) is 0 Å². The summed E-state index contributed by atoms with van der Waals surface area (Å²) >= 11 is 0. The summed E-state index contributed by atoms with van der Waals surface area (Å²) in [6.07, 6.45) is 2.49. The zero-order valence-electron chi connectivity index (χ0n) is 8.62. The molecule has 4 heteroatoms. The molecule has 0 aromatic heterocycles. The van der Waals surface area contributed by atoms with E-state index in [0.29, 0.717) is 24.5 Å². The Kier molecular flexibility index (Phi) is 2.39. The minimum atomic E-state index is -0.765. The fourth-order valence-corrected chi connectivity index (χ4v) is 2.74. The van der Waals surface area contributed by atoms with Crippen LogP contribution in [-0.4, -0.2) is 41.8 Å². The van der Waals surface area contributed by atoms with Crippen molar-refractivity contribution >= 4 is 6.09 Å². The van der Waals surface area contributed by atoms with E-state index in [9.17, 15) is 4.79 Å². The van der Waals surface area contributed by atoms with E-state index in [0.717, 1.165) is 19.4 Å². The van der Waals surface area contributed by atoms with E-state index in [4.69, 9.17) is 5.11 Å². The Hall–Kier alpha value is -0.770. The molecule has 2 saturated heterocycles. The van der Waals surface area contributed by atoms with Crippen molar-refractivity contribution in [3.63, 3.8) is 0 Å². The molecular formula is C10H18N2O2. The van der Waals surface area contributed by atoms with E-state index in [2.05, 4.69) is 12.2 Å². The zero-order chi connectivity index (χ0) is 10.2. The third-order valence-corrected chi connectivity index (χ3v) is 3.66. The van der Waals surface area contributed by atoms with Gasteiger partial charge < -0.3 is 15.3 Å². The van der Waals surface area contributed by atoms with Gasteiger partial charge in [0.15, 0.2) is 0 Å². The monoisotopic (exact) mass is 198 g/mol. The van der Waals surface area contributed by atoms with Crippen LogP contribution in [0.4, 0.5) is 4.79 Å². The molecule has 1 spiro atoms. The highest BCUT2D eigenvalue weighted by molar-refractivity contribution is 5.65. The molecule has 2 heterocycles. The van der Waals surface area contributed by atoms with Crippen LogP contribution in [0, 0.1) is 5.41 Å². The molecule has 14 heavy (non-hydrogen) atoms. The van der Waals surface area contributed by atoms with Crippen molar-refractivity contribution in [2.24, 2.45) is 5.41 Å². The number of hydrogen-bond donors (Lipinski definition) is 2. The summed E-state index contributed by atoms with van der Waals surface area (Å²) in [6, 6.07) is 0.603.